The van der Waals surface area contributed by atoms with Gasteiger partial charge < -0.3 is 10.2 Å². The summed E-state index contributed by atoms with van der Waals surface area (Å²) in [6.45, 7) is 8.03. The molecule has 1 N–H and O–H groups in total. The lowest BCUT2D eigenvalue weighted by Crippen LogP contribution is -2.38. The monoisotopic (exact) mass is 262 g/mol. The highest BCUT2D eigenvalue weighted by Crippen LogP contribution is 2.03. The topological polar surface area (TPSA) is 50.7 Å². The molecule has 0 bridgehead atoms. The fourth-order valence-corrected chi connectivity index (χ4v) is 1.38. The van der Waals surface area contributed by atoms with Gasteiger partial charge in [-0.05, 0) is 30.9 Å². The number of aryl methyl sites for hydroxylation is 1. The molecular weight excluding hydrogens is 240 g/mol. The van der Waals surface area contributed by atoms with E-state index in [1.165, 1.54) is 0 Å². The smallest absolute Gasteiger partial charge is 0.260 e. The van der Waals surface area contributed by atoms with E-state index in [1.54, 1.807) is 6.21 Å². The Morgan fingerprint density at radius 2 is 2.05 bits per heavy atom. The zero-order chi connectivity index (χ0) is 14.3. The van der Waals surface area contributed by atoms with Crippen LogP contribution in [-0.2, 0) is 9.63 Å². The number of nitrogens with zero attached hydrogens (tertiary/aromatic N) is 1. The molecular formula is C15H22N2O2. The van der Waals surface area contributed by atoms with E-state index in [0.29, 0.717) is 5.92 Å². The quantitative estimate of drug-likeness (QED) is 0.632. The fourth-order valence-electron chi connectivity index (χ4n) is 1.38. The normalized spacial score (nSPS) is 12.7. The van der Waals surface area contributed by atoms with Crippen molar-refractivity contribution in [1.29, 1.82) is 0 Å². The highest BCUT2D eigenvalue weighted by atomic mass is 16.6. The van der Waals surface area contributed by atoms with Crippen LogP contribution in [0.25, 0.3) is 0 Å². The van der Waals surface area contributed by atoms with Gasteiger partial charge in [-0.3, -0.25) is 4.79 Å². The predicted octanol–water partition coefficient (Wildman–Crippen LogP) is 2.51. The summed E-state index contributed by atoms with van der Waals surface area (Å²) in [6.07, 6.45) is 1.62. The van der Waals surface area contributed by atoms with E-state index >= 15 is 0 Å². The number of carbonyl (C=O) groups is 1. The van der Waals surface area contributed by atoms with Crippen LogP contribution in [0, 0.1) is 12.8 Å². The van der Waals surface area contributed by atoms with Crippen molar-refractivity contribution >= 4 is 12.1 Å². The first-order valence-corrected chi connectivity index (χ1v) is 6.51. The van der Waals surface area contributed by atoms with Crippen LogP contribution in [0.1, 0.15) is 31.9 Å². The number of hydrogen-bond donors (Lipinski definition) is 1. The van der Waals surface area contributed by atoms with E-state index < -0.39 is 0 Å². The lowest BCUT2D eigenvalue weighted by atomic mass is 10.1. The van der Waals surface area contributed by atoms with Crippen LogP contribution in [0.4, 0.5) is 0 Å². The summed E-state index contributed by atoms with van der Waals surface area (Å²) >= 11 is 0. The Morgan fingerprint density at radius 3 is 2.68 bits per heavy atom. The molecule has 1 aromatic rings. The first-order valence-electron chi connectivity index (χ1n) is 6.51. The third-order valence-electron chi connectivity index (χ3n) is 3.04. The minimum Gasteiger partial charge on any atom is -0.386 e. The molecule has 1 amide bonds. The molecule has 4 nitrogen and oxygen atoms in total. The van der Waals surface area contributed by atoms with Gasteiger partial charge in [-0.2, -0.15) is 0 Å². The average molecular weight is 262 g/mol. The lowest BCUT2D eigenvalue weighted by molar-refractivity contribution is -0.126. The maximum Gasteiger partial charge on any atom is 0.260 e. The van der Waals surface area contributed by atoms with Gasteiger partial charge in [0.15, 0.2) is 6.61 Å². The highest BCUT2D eigenvalue weighted by Gasteiger charge is 2.10. The number of carbonyl (C=O) groups excluding carboxylic acids is 1. The predicted molar refractivity (Wildman–Crippen MR) is 77.2 cm³/mol. The van der Waals surface area contributed by atoms with E-state index in [1.807, 2.05) is 38.1 Å². The molecule has 1 aromatic carbocycles. The van der Waals surface area contributed by atoms with Gasteiger partial charge in [-0.1, -0.05) is 43.3 Å². The second kappa shape index (κ2) is 7.56. The number of hydrogen-bond acceptors (Lipinski definition) is 3. The molecule has 0 unspecified atom stereocenters. The number of nitrogens with one attached hydrogen (secondary N) is 1. The molecule has 0 aliphatic rings. The largest absolute Gasteiger partial charge is 0.386 e. The summed E-state index contributed by atoms with van der Waals surface area (Å²) in [6, 6.07) is 7.98. The number of oxime groups is 1. The molecule has 1 rings (SSSR count). The Labute approximate surface area is 114 Å². The fraction of sp³-hybridized carbons (Fsp3) is 0.467. The van der Waals surface area contributed by atoms with Crippen molar-refractivity contribution in [1.82, 2.24) is 5.32 Å². The van der Waals surface area contributed by atoms with Crippen LogP contribution in [0.2, 0.25) is 0 Å². The van der Waals surface area contributed by atoms with Crippen LogP contribution in [-0.4, -0.2) is 24.8 Å². The zero-order valence-corrected chi connectivity index (χ0v) is 12.0. The number of rotatable bonds is 6. The molecule has 0 saturated carbocycles. The van der Waals surface area contributed by atoms with E-state index in [4.69, 9.17) is 4.84 Å². The maximum atomic E-state index is 11.5. The van der Waals surface area contributed by atoms with Crippen molar-refractivity contribution in [3.63, 3.8) is 0 Å². The molecule has 0 heterocycles. The molecule has 104 valence electrons. The Bertz CT molecular complexity index is 442. The Morgan fingerprint density at radius 1 is 1.37 bits per heavy atom. The van der Waals surface area contributed by atoms with Crippen LogP contribution in [0.15, 0.2) is 29.4 Å². The van der Waals surface area contributed by atoms with Gasteiger partial charge in [0.25, 0.3) is 5.91 Å². The van der Waals surface area contributed by atoms with Gasteiger partial charge >= 0.3 is 0 Å². The molecule has 0 aliphatic heterocycles. The Hall–Kier alpha value is -1.84. The second-order valence-corrected chi connectivity index (χ2v) is 4.96. The van der Waals surface area contributed by atoms with Crippen LogP contribution in [0.5, 0.6) is 0 Å². The van der Waals surface area contributed by atoms with Gasteiger partial charge in [-0.25, -0.2) is 0 Å². The standard InChI is InChI=1S/C15H22N2O2/c1-11(2)13(4)17-15(18)10-19-16-9-14-8-6-5-7-12(14)3/h5-9,11,13H,10H2,1-4H3,(H,17,18)/b16-9-/t13-/m1/s1. The van der Waals surface area contributed by atoms with Crippen LogP contribution >= 0.6 is 0 Å². The SMILES string of the molecule is Cc1ccccc1/C=N\OCC(=O)N[C@H](C)C(C)C. The van der Waals surface area contributed by atoms with E-state index in [-0.39, 0.29) is 18.6 Å². The van der Waals surface area contributed by atoms with Crippen molar-refractivity contribution in [3.8, 4) is 0 Å². The summed E-state index contributed by atoms with van der Waals surface area (Å²) in [4.78, 5) is 16.5. The van der Waals surface area contributed by atoms with Crippen molar-refractivity contribution in [2.45, 2.75) is 33.7 Å². The van der Waals surface area contributed by atoms with Gasteiger partial charge in [-0.15, -0.1) is 0 Å². The Balaban J connectivity index is 2.34. The number of amides is 1. The molecule has 0 spiro atoms. The van der Waals surface area contributed by atoms with Crippen molar-refractivity contribution in [2.75, 3.05) is 6.61 Å². The maximum absolute atomic E-state index is 11.5. The van der Waals surface area contributed by atoms with Gasteiger partial charge in [0.05, 0.1) is 6.21 Å². The lowest BCUT2D eigenvalue weighted by Gasteiger charge is -2.16. The minimum atomic E-state index is -0.150. The first-order chi connectivity index (χ1) is 9.00. The minimum absolute atomic E-state index is 0.0561. The summed E-state index contributed by atoms with van der Waals surface area (Å²) in [5.74, 6) is 0.252. The first kappa shape index (κ1) is 15.2. The third kappa shape index (κ3) is 5.55. The highest BCUT2D eigenvalue weighted by molar-refractivity contribution is 5.81. The van der Waals surface area contributed by atoms with Gasteiger partial charge in [0, 0.05) is 6.04 Å². The summed E-state index contributed by atoms with van der Waals surface area (Å²) < 4.78 is 0. The van der Waals surface area contributed by atoms with Crippen LogP contribution in [0.3, 0.4) is 0 Å². The second-order valence-electron chi connectivity index (χ2n) is 4.96. The van der Waals surface area contributed by atoms with Gasteiger partial charge in [0.2, 0.25) is 0 Å². The van der Waals surface area contributed by atoms with Crippen molar-refractivity contribution in [2.24, 2.45) is 11.1 Å². The summed E-state index contributed by atoms with van der Waals surface area (Å²) in [5.41, 5.74) is 2.10. The Kier molecular flexibility index (Phi) is 6.06. The molecule has 0 fully saturated rings. The summed E-state index contributed by atoms with van der Waals surface area (Å²) in [5, 5.41) is 6.66. The molecule has 0 radical (unpaired) electrons. The van der Waals surface area contributed by atoms with Gasteiger partial charge in [0.1, 0.15) is 0 Å². The average Bonchev–Trinajstić information content (AvgIpc) is 2.36. The van der Waals surface area contributed by atoms with E-state index in [2.05, 4.69) is 24.3 Å². The van der Waals surface area contributed by atoms with Crippen molar-refractivity contribution in [3.05, 3.63) is 35.4 Å². The molecule has 19 heavy (non-hydrogen) atoms. The number of benzene rings is 1. The molecule has 0 aromatic heterocycles. The van der Waals surface area contributed by atoms with E-state index in [0.717, 1.165) is 11.1 Å². The van der Waals surface area contributed by atoms with Crippen molar-refractivity contribution < 1.29 is 9.63 Å². The van der Waals surface area contributed by atoms with Crippen LogP contribution < -0.4 is 5.32 Å². The molecule has 4 heteroatoms. The molecule has 0 aliphatic carbocycles. The molecule has 0 saturated heterocycles. The van der Waals surface area contributed by atoms with E-state index in [9.17, 15) is 4.79 Å². The zero-order valence-electron chi connectivity index (χ0n) is 12.0. The summed E-state index contributed by atoms with van der Waals surface area (Å²) in [7, 11) is 0. The third-order valence-corrected chi connectivity index (χ3v) is 3.04. The molecule has 1 atom stereocenters.